The van der Waals surface area contributed by atoms with Crippen molar-refractivity contribution in [1.82, 2.24) is 0 Å². The van der Waals surface area contributed by atoms with Crippen molar-refractivity contribution in [3.8, 4) is 5.75 Å². The van der Waals surface area contributed by atoms with Crippen LogP contribution in [0.1, 0.15) is 32.3 Å². The Hall–Kier alpha value is -2.49. The van der Waals surface area contributed by atoms with E-state index in [9.17, 15) is 4.79 Å². The van der Waals surface area contributed by atoms with Crippen LogP contribution in [-0.4, -0.2) is 19.1 Å². The average molecular weight is 312 g/mol. The Kier molecular flexibility index (Phi) is 5.63. The highest BCUT2D eigenvalue weighted by molar-refractivity contribution is 5.97. The van der Waals surface area contributed by atoms with Crippen molar-refractivity contribution in [3.05, 3.63) is 54.1 Å². The quantitative estimate of drug-likeness (QED) is 0.838. The predicted octanol–water partition coefficient (Wildman–Crippen LogP) is 4.26. The number of hydrogen-bond donors (Lipinski definition) is 2. The monoisotopic (exact) mass is 312 g/mol. The van der Waals surface area contributed by atoms with E-state index in [1.54, 1.807) is 7.11 Å². The summed E-state index contributed by atoms with van der Waals surface area (Å²) in [5.74, 6) is 0.937. The number of carbonyl (C=O) groups is 1. The van der Waals surface area contributed by atoms with Crippen LogP contribution >= 0.6 is 0 Å². The van der Waals surface area contributed by atoms with E-state index < -0.39 is 0 Å². The lowest BCUT2D eigenvalue weighted by Gasteiger charge is -2.20. The largest absolute Gasteiger partial charge is 0.495 e. The van der Waals surface area contributed by atoms with Gasteiger partial charge in [0.2, 0.25) is 5.91 Å². The lowest BCUT2D eigenvalue weighted by molar-refractivity contribution is -0.116. The molecular formula is C19H24N2O2. The minimum absolute atomic E-state index is 0.104. The first-order valence-corrected chi connectivity index (χ1v) is 7.82. The number of amides is 1. The van der Waals surface area contributed by atoms with Gasteiger partial charge in [0.05, 0.1) is 12.8 Å². The van der Waals surface area contributed by atoms with Crippen LogP contribution in [0.5, 0.6) is 5.75 Å². The average Bonchev–Trinajstić information content (AvgIpc) is 2.55. The molecule has 0 aromatic heterocycles. The molecule has 0 saturated carbocycles. The van der Waals surface area contributed by atoms with Crippen molar-refractivity contribution >= 4 is 17.3 Å². The smallest absolute Gasteiger partial charge is 0.246 e. The van der Waals surface area contributed by atoms with E-state index in [0.29, 0.717) is 17.4 Å². The van der Waals surface area contributed by atoms with Crippen LogP contribution < -0.4 is 15.4 Å². The van der Waals surface area contributed by atoms with Gasteiger partial charge in [-0.1, -0.05) is 44.2 Å². The summed E-state index contributed by atoms with van der Waals surface area (Å²) in [7, 11) is 1.59. The summed E-state index contributed by atoms with van der Waals surface area (Å²) in [5.41, 5.74) is 2.86. The maximum atomic E-state index is 12.4. The standard InChI is InChI=1S/C19H24N2O2/c1-13(2)15-9-5-6-10-16(15)20-14(3)19(22)21-17-11-7-8-12-18(17)23-4/h5-14,20H,1-4H3,(H,21,22)/t14-/m0/s1. The topological polar surface area (TPSA) is 50.4 Å². The first-order valence-electron chi connectivity index (χ1n) is 7.82. The zero-order chi connectivity index (χ0) is 16.8. The lowest BCUT2D eigenvalue weighted by atomic mass is 10.0. The number of nitrogens with one attached hydrogen (secondary N) is 2. The summed E-state index contributed by atoms with van der Waals surface area (Å²) < 4.78 is 5.26. The molecule has 1 amide bonds. The number of benzene rings is 2. The normalized spacial score (nSPS) is 11.9. The van der Waals surface area contributed by atoms with Crippen LogP contribution in [0.15, 0.2) is 48.5 Å². The third-order valence-corrected chi connectivity index (χ3v) is 3.71. The van der Waals surface area contributed by atoms with Crippen LogP contribution in [0.4, 0.5) is 11.4 Å². The predicted molar refractivity (Wildman–Crippen MR) is 95.2 cm³/mol. The molecule has 0 fully saturated rings. The van der Waals surface area contributed by atoms with Gasteiger partial charge in [-0.15, -0.1) is 0 Å². The van der Waals surface area contributed by atoms with Gasteiger partial charge in [0.15, 0.2) is 0 Å². The van der Waals surface area contributed by atoms with Crippen LogP contribution in [0.25, 0.3) is 0 Å². The summed E-state index contributed by atoms with van der Waals surface area (Å²) in [6.07, 6.45) is 0. The van der Waals surface area contributed by atoms with E-state index in [2.05, 4.69) is 30.5 Å². The Bertz CT molecular complexity index is 668. The molecule has 0 aliphatic rings. The summed E-state index contributed by atoms with van der Waals surface area (Å²) in [6.45, 7) is 6.13. The van der Waals surface area contributed by atoms with Crippen molar-refractivity contribution in [2.75, 3.05) is 17.7 Å². The summed E-state index contributed by atoms with van der Waals surface area (Å²) in [6, 6.07) is 15.1. The molecule has 0 spiro atoms. The molecule has 2 N–H and O–H groups in total. The minimum atomic E-state index is -0.361. The number of methoxy groups -OCH3 is 1. The van der Waals surface area contributed by atoms with E-state index in [4.69, 9.17) is 4.74 Å². The highest BCUT2D eigenvalue weighted by Gasteiger charge is 2.16. The highest BCUT2D eigenvalue weighted by atomic mass is 16.5. The molecule has 0 heterocycles. The van der Waals surface area contributed by atoms with E-state index in [-0.39, 0.29) is 11.9 Å². The highest BCUT2D eigenvalue weighted by Crippen LogP contribution is 2.25. The molecule has 0 aliphatic heterocycles. The lowest BCUT2D eigenvalue weighted by Crippen LogP contribution is -2.32. The SMILES string of the molecule is COc1ccccc1NC(=O)[C@H](C)Nc1ccccc1C(C)C. The molecular weight excluding hydrogens is 288 g/mol. The van der Waals surface area contributed by atoms with Crippen LogP contribution in [-0.2, 0) is 4.79 Å². The molecule has 4 nitrogen and oxygen atoms in total. The first kappa shape index (κ1) is 16.9. The summed E-state index contributed by atoms with van der Waals surface area (Å²) in [4.78, 5) is 12.4. The zero-order valence-electron chi connectivity index (χ0n) is 14.1. The molecule has 0 radical (unpaired) electrons. The van der Waals surface area contributed by atoms with Crippen LogP contribution in [0, 0.1) is 0 Å². The van der Waals surface area contributed by atoms with Gasteiger partial charge < -0.3 is 15.4 Å². The number of hydrogen-bond acceptors (Lipinski definition) is 3. The fraction of sp³-hybridized carbons (Fsp3) is 0.316. The molecule has 0 saturated heterocycles. The van der Waals surface area contributed by atoms with Gasteiger partial charge in [0.1, 0.15) is 11.8 Å². The van der Waals surface area contributed by atoms with Gasteiger partial charge in [0, 0.05) is 5.69 Å². The van der Waals surface area contributed by atoms with Crippen molar-refractivity contribution in [1.29, 1.82) is 0 Å². The number of carbonyl (C=O) groups excluding carboxylic acids is 1. The maximum Gasteiger partial charge on any atom is 0.246 e. The Balaban J connectivity index is 2.09. The van der Waals surface area contributed by atoms with E-state index >= 15 is 0 Å². The fourth-order valence-corrected chi connectivity index (χ4v) is 2.42. The fourth-order valence-electron chi connectivity index (χ4n) is 2.42. The zero-order valence-corrected chi connectivity index (χ0v) is 14.1. The van der Waals surface area contributed by atoms with Crippen LogP contribution in [0.2, 0.25) is 0 Å². The van der Waals surface area contributed by atoms with E-state index in [1.807, 2.05) is 49.4 Å². The van der Waals surface area contributed by atoms with Crippen molar-refractivity contribution < 1.29 is 9.53 Å². The molecule has 2 aromatic carbocycles. The van der Waals surface area contributed by atoms with Crippen molar-refractivity contribution in [2.24, 2.45) is 0 Å². The number of rotatable bonds is 6. The maximum absolute atomic E-state index is 12.4. The van der Waals surface area contributed by atoms with Gasteiger partial charge in [-0.25, -0.2) is 0 Å². The van der Waals surface area contributed by atoms with Gasteiger partial charge in [-0.3, -0.25) is 4.79 Å². The van der Waals surface area contributed by atoms with Gasteiger partial charge in [0.25, 0.3) is 0 Å². The molecule has 4 heteroatoms. The second-order valence-corrected chi connectivity index (χ2v) is 5.80. The van der Waals surface area contributed by atoms with Gasteiger partial charge in [-0.05, 0) is 36.6 Å². The number of ether oxygens (including phenoxy) is 1. The number of anilines is 2. The Labute approximate surface area is 137 Å². The Morgan fingerprint density at radius 1 is 0.957 bits per heavy atom. The Morgan fingerprint density at radius 3 is 2.22 bits per heavy atom. The van der Waals surface area contributed by atoms with Crippen LogP contribution in [0.3, 0.4) is 0 Å². The second kappa shape index (κ2) is 7.68. The molecule has 23 heavy (non-hydrogen) atoms. The minimum Gasteiger partial charge on any atom is -0.495 e. The summed E-state index contributed by atoms with van der Waals surface area (Å²) >= 11 is 0. The van der Waals surface area contributed by atoms with Crippen molar-refractivity contribution in [2.45, 2.75) is 32.7 Å². The van der Waals surface area contributed by atoms with Gasteiger partial charge in [-0.2, -0.15) is 0 Å². The molecule has 2 aromatic rings. The van der Waals surface area contributed by atoms with E-state index in [0.717, 1.165) is 5.69 Å². The van der Waals surface area contributed by atoms with Gasteiger partial charge >= 0.3 is 0 Å². The molecule has 2 rings (SSSR count). The third kappa shape index (κ3) is 4.25. The molecule has 0 aliphatic carbocycles. The Morgan fingerprint density at radius 2 is 1.57 bits per heavy atom. The number of para-hydroxylation sites is 3. The van der Waals surface area contributed by atoms with E-state index in [1.165, 1.54) is 5.56 Å². The van der Waals surface area contributed by atoms with Crippen molar-refractivity contribution in [3.63, 3.8) is 0 Å². The second-order valence-electron chi connectivity index (χ2n) is 5.80. The molecule has 122 valence electrons. The third-order valence-electron chi connectivity index (χ3n) is 3.71. The molecule has 0 bridgehead atoms. The first-order chi connectivity index (χ1) is 11.0. The molecule has 0 unspecified atom stereocenters. The molecule has 1 atom stereocenters. The summed E-state index contributed by atoms with van der Waals surface area (Å²) in [5, 5.41) is 6.20.